The lowest BCUT2D eigenvalue weighted by molar-refractivity contribution is 0.679. The first-order valence-corrected chi connectivity index (χ1v) is 6.24. The minimum atomic E-state index is 0.701. The molecule has 0 aromatic carbocycles. The molecule has 1 N–H and O–H groups in total. The molecule has 0 bridgehead atoms. The first-order valence-electron chi connectivity index (χ1n) is 4.95. The molecule has 0 aliphatic heterocycles. The molecule has 2 nitrogen and oxygen atoms in total. The van der Waals surface area contributed by atoms with Crippen LogP contribution in [0.3, 0.4) is 0 Å². The highest BCUT2D eigenvalue weighted by Crippen LogP contribution is 2.02. The summed E-state index contributed by atoms with van der Waals surface area (Å²) in [7, 11) is 0. The van der Waals surface area contributed by atoms with Crippen molar-refractivity contribution in [1.82, 2.24) is 10.3 Å². The van der Waals surface area contributed by atoms with Crippen molar-refractivity contribution in [2.75, 3.05) is 19.3 Å². The number of rotatable bonds is 6. The average Bonchev–Trinajstić information content (AvgIpc) is 2.25. The van der Waals surface area contributed by atoms with Crippen molar-refractivity contribution in [3.8, 4) is 0 Å². The lowest BCUT2D eigenvalue weighted by Gasteiger charge is -2.09. The van der Waals surface area contributed by atoms with Gasteiger partial charge >= 0.3 is 0 Å². The Morgan fingerprint density at radius 2 is 2.14 bits per heavy atom. The molecule has 0 saturated heterocycles. The fraction of sp³-hybridized carbons (Fsp3) is 0.545. The summed E-state index contributed by atoms with van der Waals surface area (Å²) in [6.45, 7) is 4.38. The van der Waals surface area contributed by atoms with Crippen LogP contribution >= 0.6 is 11.8 Å². The summed E-state index contributed by atoms with van der Waals surface area (Å²) in [5, 5.41) is 4.14. The van der Waals surface area contributed by atoms with E-state index in [1.54, 1.807) is 0 Å². The van der Waals surface area contributed by atoms with Crippen LogP contribution in [0.25, 0.3) is 0 Å². The van der Waals surface area contributed by atoms with Gasteiger partial charge in [0, 0.05) is 24.2 Å². The van der Waals surface area contributed by atoms with Gasteiger partial charge in [0.1, 0.15) is 0 Å². The summed E-state index contributed by atoms with van der Waals surface area (Å²) in [6, 6.07) is 4.14. The standard InChI is InChI=1S/C11H18N2S/c1-10(14-2)9-13-8-5-11-3-6-12-7-4-11/h3-4,6-7,10,13H,5,8-9H2,1-2H3. The Labute approximate surface area is 90.5 Å². The van der Waals surface area contributed by atoms with Gasteiger partial charge in [-0.2, -0.15) is 11.8 Å². The maximum absolute atomic E-state index is 3.99. The van der Waals surface area contributed by atoms with Crippen LogP contribution in [-0.4, -0.2) is 29.6 Å². The molecule has 1 rings (SSSR count). The van der Waals surface area contributed by atoms with Crippen LogP contribution in [0.4, 0.5) is 0 Å². The average molecular weight is 210 g/mol. The number of hydrogen-bond donors (Lipinski definition) is 1. The number of hydrogen-bond acceptors (Lipinski definition) is 3. The molecule has 0 fully saturated rings. The van der Waals surface area contributed by atoms with Gasteiger partial charge in [0.15, 0.2) is 0 Å². The van der Waals surface area contributed by atoms with Gasteiger partial charge in [-0.25, -0.2) is 0 Å². The smallest absolute Gasteiger partial charge is 0.0270 e. The SMILES string of the molecule is CSC(C)CNCCc1ccncc1. The van der Waals surface area contributed by atoms with E-state index >= 15 is 0 Å². The molecule has 0 saturated carbocycles. The summed E-state index contributed by atoms with van der Waals surface area (Å²) in [5.74, 6) is 0. The van der Waals surface area contributed by atoms with E-state index < -0.39 is 0 Å². The predicted molar refractivity (Wildman–Crippen MR) is 63.8 cm³/mol. The zero-order valence-corrected chi connectivity index (χ0v) is 9.68. The minimum absolute atomic E-state index is 0.701. The van der Waals surface area contributed by atoms with E-state index in [4.69, 9.17) is 0 Å². The van der Waals surface area contributed by atoms with Gasteiger partial charge < -0.3 is 5.32 Å². The second-order valence-corrected chi connectivity index (χ2v) is 4.63. The van der Waals surface area contributed by atoms with Crippen molar-refractivity contribution in [2.45, 2.75) is 18.6 Å². The molecule has 0 aliphatic rings. The Morgan fingerprint density at radius 1 is 1.43 bits per heavy atom. The highest BCUT2D eigenvalue weighted by molar-refractivity contribution is 7.99. The topological polar surface area (TPSA) is 24.9 Å². The molecule has 0 spiro atoms. The minimum Gasteiger partial charge on any atom is -0.315 e. The Hall–Kier alpha value is -0.540. The second kappa shape index (κ2) is 6.85. The van der Waals surface area contributed by atoms with E-state index in [-0.39, 0.29) is 0 Å². The fourth-order valence-corrected chi connectivity index (χ4v) is 1.46. The summed E-state index contributed by atoms with van der Waals surface area (Å²) in [5.41, 5.74) is 1.35. The van der Waals surface area contributed by atoms with Crippen molar-refractivity contribution in [3.63, 3.8) is 0 Å². The van der Waals surface area contributed by atoms with Gasteiger partial charge in [0.25, 0.3) is 0 Å². The van der Waals surface area contributed by atoms with Gasteiger partial charge in [0.05, 0.1) is 0 Å². The lowest BCUT2D eigenvalue weighted by atomic mass is 10.2. The Bertz CT molecular complexity index is 238. The lowest BCUT2D eigenvalue weighted by Crippen LogP contribution is -2.24. The Morgan fingerprint density at radius 3 is 2.79 bits per heavy atom. The number of pyridine rings is 1. The van der Waals surface area contributed by atoms with E-state index in [9.17, 15) is 0 Å². The van der Waals surface area contributed by atoms with Crippen LogP contribution in [0.15, 0.2) is 24.5 Å². The van der Waals surface area contributed by atoms with Crippen molar-refractivity contribution in [2.24, 2.45) is 0 Å². The van der Waals surface area contributed by atoms with Crippen LogP contribution in [0.2, 0.25) is 0 Å². The molecule has 0 radical (unpaired) electrons. The zero-order valence-electron chi connectivity index (χ0n) is 8.86. The molecule has 1 aromatic heterocycles. The normalized spacial score (nSPS) is 12.7. The quantitative estimate of drug-likeness (QED) is 0.727. The highest BCUT2D eigenvalue weighted by Gasteiger charge is 1.97. The third-order valence-electron chi connectivity index (χ3n) is 2.17. The van der Waals surface area contributed by atoms with Gasteiger partial charge in [-0.15, -0.1) is 0 Å². The van der Waals surface area contributed by atoms with Crippen LogP contribution in [-0.2, 0) is 6.42 Å². The van der Waals surface area contributed by atoms with Crippen molar-refractivity contribution < 1.29 is 0 Å². The van der Waals surface area contributed by atoms with Gasteiger partial charge in [-0.05, 0) is 36.9 Å². The molecular formula is C11H18N2S. The number of aromatic nitrogens is 1. The fourth-order valence-electron chi connectivity index (χ4n) is 1.17. The molecule has 0 aliphatic carbocycles. The third-order valence-corrected chi connectivity index (χ3v) is 3.15. The van der Waals surface area contributed by atoms with Gasteiger partial charge in [-0.1, -0.05) is 6.92 Å². The zero-order chi connectivity index (χ0) is 10.2. The summed E-state index contributed by atoms with van der Waals surface area (Å²) >= 11 is 1.90. The second-order valence-electron chi connectivity index (χ2n) is 3.36. The van der Waals surface area contributed by atoms with Crippen molar-refractivity contribution in [1.29, 1.82) is 0 Å². The van der Waals surface area contributed by atoms with E-state index in [2.05, 4.69) is 35.6 Å². The van der Waals surface area contributed by atoms with Crippen LogP contribution < -0.4 is 5.32 Å². The van der Waals surface area contributed by atoms with Gasteiger partial charge in [0.2, 0.25) is 0 Å². The van der Waals surface area contributed by atoms with Crippen molar-refractivity contribution in [3.05, 3.63) is 30.1 Å². The number of thioether (sulfide) groups is 1. The monoisotopic (exact) mass is 210 g/mol. The maximum atomic E-state index is 3.99. The first kappa shape index (κ1) is 11.5. The maximum Gasteiger partial charge on any atom is 0.0270 e. The first-order chi connectivity index (χ1) is 6.83. The molecular weight excluding hydrogens is 192 g/mol. The molecule has 78 valence electrons. The summed E-state index contributed by atoms with van der Waals surface area (Å²) in [6.07, 6.45) is 6.93. The van der Waals surface area contributed by atoms with Crippen molar-refractivity contribution >= 4 is 11.8 Å². The van der Waals surface area contributed by atoms with Gasteiger partial charge in [-0.3, -0.25) is 4.98 Å². The molecule has 1 atom stereocenters. The van der Waals surface area contributed by atoms with Crippen LogP contribution in [0, 0.1) is 0 Å². The largest absolute Gasteiger partial charge is 0.315 e. The Kier molecular flexibility index (Phi) is 5.64. The molecule has 0 amide bonds. The molecule has 1 heterocycles. The van der Waals surface area contributed by atoms with E-state index in [0.29, 0.717) is 5.25 Å². The van der Waals surface area contributed by atoms with Crippen LogP contribution in [0.1, 0.15) is 12.5 Å². The van der Waals surface area contributed by atoms with E-state index in [0.717, 1.165) is 19.5 Å². The summed E-state index contributed by atoms with van der Waals surface area (Å²) < 4.78 is 0. The van der Waals surface area contributed by atoms with E-state index in [1.165, 1.54) is 5.56 Å². The summed E-state index contributed by atoms with van der Waals surface area (Å²) in [4.78, 5) is 3.99. The molecule has 3 heteroatoms. The Balaban J connectivity index is 2.10. The van der Waals surface area contributed by atoms with E-state index in [1.807, 2.05) is 24.2 Å². The number of nitrogens with zero attached hydrogens (tertiary/aromatic N) is 1. The molecule has 14 heavy (non-hydrogen) atoms. The molecule has 1 aromatic rings. The number of nitrogens with one attached hydrogen (secondary N) is 1. The third kappa shape index (κ3) is 4.63. The molecule has 1 unspecified atom stereocenters. The highest BCUT2D eigenvalue weighted by atomic mass is 32.2. The van der Waals surface area contributed by atoms with Crippen LogP contribution in [0.5, 0.6) is 0 Å². The predicted octanol–water partition coefficient (Wildman–Crippen LogP) is 1.97.